The van der Waals surface area contributed by atoms with Crippen LogP contribution in [0.1, 0.15) is 34.2 Å². The predicted molar refractivity (Wildman–Crippen MR) is 120 cm³/mol. The van der Waals surface area contributed by atoms with Gasteiger partial charge in [0.2, 0.25) is 5.91 Å². The molecule has 0 radical (unpaired) electrons. The standard InChI is InChI=1S/C24H28N4O3/c1-4-31-22-8-6-5-7-21(22)24(30)26-16-23(29)25-14-13-19-9-11-20(12-10-19)28-18(3)15-17(2)27-28/h5-12,15H,4,13-14,16H2,1-3H3,(H,25,29)(H,26,30). The number of carbonyl (C=O) groups is 2. The Bertz CT molecular complexity index is 1040. The summed E-state index contributed by atoms with van der Waals surface area (Å²) in [5.41, 5.74) is 4.61. The molecule has 0 saturated heterocycles. The molecule has 162 valence electrons. The van der Waals surface area contributed by atoms with Crippen LogP contribution in [0.15, 0.2) is 54.6 Å². The molecule has 0 aliphatic rings. The minimum absolute atomic E-state index is 0.0871. The third kappa shape index (κ3) is 5.94. The lowest BCUT2D eigenvalue weighted by Crippen LogP contribution is -2.37. The van der Waals surface area contributed by atoms with Gasteiger partial charge >= 0.3 is 0 Å². The Balaban J connectivity index is 1.44. The zero-order valence-corrected chi connectivity index (χ0v) is 18.1. The Labute approximate surface area is 182 Å². The van der Waals surface area contributed by atoms with E-state index < -0.39 is 0 Å². The first kappa shape index (κ1) is 22.1. The smallest absolute Gasteiger partial charge is 0.255 e. The Morgan fingerprint density at radius 2 is 1.77 bits per heavy atom. The van der Waals surface area contributed by atoms with Gasteiger partial charge in [0.1, 0.15) is 5.75 Å². The summed E-state index contributed by atoms with van der Waals surface area (Å²) in [5.74, 6) is -0.0627. The van der Waals surface area contributed by atoms with Crippen LogP contribution in [0.5, 0.6) is 5.75 Å². The number of para-hydroxylation sites is 1. The number of hydrogen-bond donors (Lipinski definition) is 2. The van der Waals surface area contributed by atoms with E-state index in [2.05, 4.69) is 15.7 Å². The van der Waals surface area contributed by atoms with Crippen molar-refractivity contribution in [3.63, 3.8) is 0 Å². The molecule has 2 aromatic carbocycles. The Morgan fingerprint density at radius 1 is 1.03 bits per heavy atom. The van der Waals surface area contributed by atoms with Crippen LogP contribution in [0.2, 0.25) is 0 Å². The fraction of sp³-hybridized carbons (Fsp3) is 0.292. The van der Waals surface area contributed by atoms with Gasteiger partial charge in [-0.1, -0.05) is 24.3 Å². The van der Waals surface area contributed by atoms with Gasteiger partial charge < -0.3 is 15.4 Å². The number of aromatic nitrogens is 2. The van der Waals surface area contributed by atoms with Gasteiger partial charge in [0, 0.05) is 12.2 Å². The largest absolute Gasteiger partial charge is 0.493 e. The minimum atomic E-state index is -0.334. The van der Waals surface area contributed by atoms with Crippen molar-refractivity contribution in [1.29, 1.82) is 0 Å². The quantitative estimate of drug-likeness (QED) is 0.557. The first-order valence-corrected chi connectivity index (χ1v) is 10.4. The molecule has 7 nitrogen and oxygen atoms in total. The van der Waals surface area contributed by atoms with Gasteiger partial charge in [-0.3, -0.25) is 9.59 Å². The normalized spacial score (nSPS) is 10.5. The van der Waals surface area contributed by atoms with Crippen LogP contribution in [0.3, 0.4) is 0 Å². The van der Waals surface area contributed by atoms with Crippen molar-refractivity contribution >= 4 is 11.8 Å². The van der Waals surface area contributed by atoms with Gasteiger partial charge in [0.15, 0.2) is 0 Å². The lowest BCUT2D eigenvalue weighted by molar-refractivity contribution is -0.120. The van der Waals surface area contributed by atoms with Crippen molar-refractivity contribution in [2.45, 2.75) is 27.2 Å². The summed E-state index contributed by atoms with van der Waals surface area (Å²) in [4.78, 5) is 24.4. The van der Waals surface area contributed by atoms with E-state index in [4.69, 9.17) is 4.74 Å². The van der Waals surface area contributed by atoms with E-state index in [1.807, 2.05) is 55.8 Å². The first-order valence-electron chi connectivity index (χ1n) is 10.4. The molecule has 0 aliphatic carbocycles. The molecule has 3 aromatic rings. The molecule has 0 saturated carbocycles. The van der Waals surface area contributed by atoms with E-state index in [0.29, 0.717) is 30.9 Å². The van der Waals surface area contributed by atoms with Gasteiger partial charge in [-0.2, -0.15) is 5.10 Å². The predicted octanol–water partition coefficient (Wildman–Crippen LogP) is 2.98. The second kappa shape index (κ2) is 10.4. The maximum absolute atomic E-state index is 12.3. The van der Waals surface area contributed by atoms with Crippen molar-refractivity contribution in [3.8, 4) is 11.4 Å². The summed E-state index contributed by atoms with van der Waals surface area (Å²) in [6.07, 6.45) is 0.699. The third-order valence-electron chi connectivity index (χ3n) is 4.77. The number of hydrogen-bond acceptors (Lipinski definition) is 4. The van der Waals surface area contributed by atoms with E-state index >= 15 is 0 Å². The van der Waals surface area contributed by atoms with Crippen LogP contribution in [0, 0.1) is 13.8 Å². The van der Waals surface area contributed by atoms with Gasteiger partial charge in [0.05, 0.1) is 30.1 Å². The molecule has 0 spiro atoms. The molecule has 0 bridgehead atoms. The Kier molecular flexibility index (Phi) is 7.43. The van der Waals surface area contributed by atoms with Gasteiger partial charge in [-0.15, -0.1) is 0 Å². The number of ether oxygens (including phenoxy) is 1. The van der Waals surface area contributed by atoms with Crippen LogP contribution >= 0.6 is 0 Å². The number of benzene rings is 2. The second-order valence-electron chi connectivity index (χ2n) is 7.22. The van der Waals surface area contributed by atoms with E-state index in [1.165, 1.54) is 0 Å². The molecule has 3 rings (SSSR count). The lowest BCUT2D eigenvalue weighted by Gasteiger charge is -2.11. The fourth-order valence-electron chi connectivity index (χ4n) is 3.29. The highest BCUT2D eigenvalue weighted by Gasteiger charge is 2.13. The molecule has 0 atom stereocenters. The molecule has 0 fully saturated rings. The van der Waals surface area contributed by atoms with Crippen LogP contribution in [0.4, 0.5) is 0 Å². The summed E-state index contributed by atoms with van der Waals surface area (Å²) in [7, 11) is 0. The van der Waals surface area contributed by atoms with Crippen LogP contribution in [-0.2, 0) is 11.2 Å². The van der Waals surface area contributed by atoms with Crippen LogP contribution in [-0.4, -0.2) is 41.3 Å². The summed E-state index contributed by atoms with van der Waals surface area (Å²) in [6.45, 7) is 6.72. The Morgan fingerprint density at radius 3 is 2.45 bits per heavy atom. The number of nitrogens with one attached hydrogen (secondary N) is 2. The average Bonchev–Trinajstić information content (AvgIpc) is 3.11. The van der Waals surface area contributed by atoms with Crippen molar-refractivity contribution in [2.75, 3.05) is 19.7 Å². The average molecular weight is 421 g/mol. The maximum atomic E-state index is 12.3. The van der Waals surface area contributed by atoms with Crippen LogP contribution < -0.4 is 15.4 Å². The zero-order valence-electron chi connectivity index (χ0n) is 18.1. The van der Waals surface area contributed by atoms with Gasteiger partial charge in [-0.25, -0.2) is 4.68 Å². The number of aryl methyl sites for hydroxylation is 2. The van der Waals surface area contributed by atoms with Crippen molar-refractivity contribution in [3.05, 3.63) is 77.1 Å². The fourth-order valence-corrected chi connectivity index (χ4v) is 3.29. The highest BCUT2D eigenvalue weighted by atomic mass is 16.5. The monoisotopic (exact) mass is 420 g/mol. The molecule has 31 heavy (non-hydrogen) atoms. The van der Waals surface area contributed by atoms with E-state index in [9.17, 15) is 9.59 Å². The number of rotatable bonds is 9. The molecule has 7 heteroatoms. The van der Waals surface area contributed by atoms with E-state index in [0.717, 1.165) is 22.6 Å². The molecule has 2 amide bonds. The molecule has 1 heterocycles. The maximum Gasteiger partial charge on any atom is 0.255 e. The van der Waals surface area contributed by atoms with E-state index in [1.54, 1.807) is 24.3 Å². The third-order valence-corrected chi connectivity index (χ3v) is 4.77. The number of carbonyl (C=O) groups excluding carboxylic acids is 2. The molecule has 0 unspecified atom stereocenters. The Hall–Kier alpha value is -3.61. The summed E-state index contributed by atoms with van der Waals surface area (Å²) in [5, 5.41) is 9.96. The van der Waals surface area contributed by atoms with Crippen LogP contribution in [0.25, 0.3) is 5.69 Å². The van der Waals surface area contributed by atoms with Crippen molar-refractivity contribution < 1.29 is 14.3 Å². The van der Waals surface area contributed by atoms with E-state index in [-0.39, 0.29) is 18.4 Å². The molecule has 1 aromatic heterocycles. The summed E-state index contributed by atoms with van der Waals surface area (Å²) >= 11 is 0. The highest BCUT2D eigenvalue weighted by molar-refractivity contribution is 5.98. The zero-order chi connectivity index (χ0) is 22.2. The summed E-state index contributed by atoms with van der Waals surface area (Å²) < 4.78 is 7.37. The topological polar surface area (TPSA) is 85.2 Å². The SMILES string of the molecule is CCOc1ccccc1C(=O)NCC(=O)NCCc1ccc(-n2nc(C)cc2C)cc1. The minimum Gasteiger partial charge on any atom is -0.493 e. The van der Waals surface area contributed by atoms with Crippen molar-refractivity contribution in [2.24, 2.45) is 0 Å². The second-order valence-corrected chi connectivity index (χ2v) is 7.22. The van der Waals surface area contributed by atoms with Gasteiger partial charge in [-0.05, 0) is 63.1 Å². The number of nitrogens with zero attached hydrogens (tertiary/aromatic N) is 2. The highest BCUT2D eigenvalue weighted by Crippen LogP contribution is 2.17. The number of amides is 2. The molecule has 2 N–H and O–H groups in total. The molecular formula is C24H28N4O3. The molecule has 0 aliphatic heterocycles. The van der Waals surface area contributed by atoms with Gasteiger partial charge in [0.25, 0.3) is 5.91 Å². The lowest BCUT2D eigenvalue weighted by atomic mass is 10.1. The summed E-state index contributed by atoms with van der Waals surface area (Å²) in [6, 6.07) is 17.1. The van der Waals surface area contributed by atoms with Crippen molar-refractivity contribution in [1.82, 2.24) is 20.4 Å². The first-order chi connectivity index (χ1) is 15.0. The molecular weight excluding hydrogens is 392 g/mol.